The Morgan fingerprint density at radius 3 is 2.04 bits per heavy atom. The van der Waals surface area contributed by atoms with Crippen LogP contribution in [0.25, 0.3) is 0 Å². The normalized spacial score (nSPS) is 9.96. The Labute approximate surface area is 133 Å². The number of carbonyl (C=O) groups excluding carboxylic acids is 3. The van der Waals surface area contributed by atoms with Crippen LogP contribution in [0.1, 0.15) is 27.6 Å². The van der Waals surface area contributed by atoms with Gasteiger partial charge < -0.3 is 15.8 Å². The van der Waals surface area contributed by atoms with Crippen molar-refractivity contribution in [2.24, 2.45) is 5.73 Å². The van der Waals surface area contributed by atoms with Gasteiger partial charge in [0.25, 0.3) is 5.91 Å². The first-order chi connectivity index (χ1) is 11.0. The lowest BCUT2D eigenvalue weighted by Gasteiger charge is -2.08. The minimum absolute atomic E-state index is 0.0365. The summed E-state index contributed by atoms with van der Waals surface area (Å²) in [5.41, 5.74) is 6.66. The van der Waals surface area contributed by atoms with Gasteiger partial charge in [0.05, 0.1) is 0 Å². The van der Waals surface area contributed by atoms with Gasteiger partial charge in [-0.05, 0) is 55.5 Å². The van der Waals surface area contributed by atoms with Gasteiger partial charge >= 0.3 is 0 Å². The van der Waals surface area contributed by atoms with Crippen molar-refractivity contribution in [1.29, 1.82) is 0 Å². The first kappa shape index (κ1) is 16.2. The van der Waals surface area contributed by atoms with Crippen LogP contribution in [-0.4, -0.2) is 24.2 Å². The minimum Gasteiger partial charge on any atom is -0.484 e. The monoisotopic (exact) mass is 312 g/mol. The molecular weight excluding hydrogens is 296 g/mol. The van der Waals surface area contributed by atoms with Gasteiger partial charge in [0.15, 0.2) is 12.4 Å². The molecule has 2 amide bonds. The number of benzene rings is 2. The Balaban J connectivity index is 1.87. The summed E-state index contributed by atoms with van der Waals surface area (Å²) >= 11 is 0. The Morgan fingerprint density at radius 2 is 1.52 bits per heavy atom. The third-order valence-corrected chi connectivity index (χ3v) is 3.08. The summed E-state index contributed by atoms with van der Waals surface area (Å²) in [6, 6.07) is 12.8. The lowest BCUT2D eigenvalue weighted by Crippen LogP contribution is -2.20. The fraction of sp³-hybridized carbons (Fsp3) is 0.118. The van der Waals surface area contributed by atoms with E-state index < -0.39 is 5.91 Å². The molecule has 2 aromatic carbocycles. The quantitative estimate of drug-likeness (QED) is 0.797. The number of nitrogens with two attached hydrogens (primary N) is 1. The lowest BCUT2D eigenvalue weighted by atomic mass is 10.1. The average Bonchev–Trinajstić information content (AvgIpc) is 2.54. The van der Waals surface area contributed by atoms with Crippen molar-refractivity contribution in [3.63, 3.8) is 0 Å². The average molecular weight is 312 g/mol. The number of hydrogen-bond acceptors (Lipinski definition) is 4. The predicted molar refractivity (Wildman–Crippen MR) is 85.5 cm³/mol. The van der Waals surface area contributed by atoms with Crippen LogP contribution in [0.3, 0.4) is 0 Å². The second-order valence-electron chi connectivity index (χ2n) is 4.86. The fourth-order valence-electron chi connectivity index (χ4n) is 1.85. The summed E-state index contributed by atoms with van der Waals surface area (Å²) in [5.74, 6) is -0.439. The topological polar surface area (TPSA) is 98.5 Å². The molecule has 2 aromatic rings. The smallest absolute Gasteiger partial charge is 0.262 e. The number of ketones is 1. The molecular formula is C17H16N2O4. The van der Waals surface area contributed by atoms with Crippen LogP contribution < -0.4 is 15.8 Å². The molecule has 0 aliphatic heterocycles. The predicted octanol–water partition coefficient (Wildman–Crippen LogP) is 2.01. The number of rotatable bonds is 6. The molecule has 0 aliphatic carbocycles. The maximum absolute atomic E-state index is 11.8. The van der Waals surface area contributed by atoms with Crippen LogP contribution in [-0.2, 0) is 4.79 Å². The molecule has 3 N–H and O–H groups in total. The third-order valence-electron chi connectivity index (χ3n) is 3.08. The van der Waals surface area contributed by atoms with Gasteiger partial charge in [0.2, 0.25) is 5.91 Å². The molecule has 0 atom stereocenters. The first-order valence-corrected chi connectivity index (χ1v) is 6.89. The second kappa shape index (κ2) is 7.22. The van der Waals surface area contributed by atoms with E-state index in [1.54, 1.807) is 36.4 Å². The van der Waals surface area contributed by atoms with E-state index in [0.29, 0.717) is 22.6 Å². The largest absolute Gasteiger partial charge is 0.484 e. The maximum atomic E-state index is 11.8. The highest BCUT2D eigenvalue weighted by atomic mass is 16.5. The highest BCUT2D eigenvalue weighted by Crippen LogP contribution is 2.13. The molecule has 0 radical (unpaired) electrons. The van der Waals surface area contributed by atoms with E-state index >= 15 is 0 Å². The summed E-state index contributed by atoms with van der Waals surface area (Å²) in [5, 5.41) is 2.66. The molecule has 0 aromatic heterocycles. The lowest BCUT2D eigenvalue weighted by molar-refractivity contribution is -0.118. The second-order valence-corrected chi connectivity index (χ2v) is 4.86. The van der Waals surface area contributed by atoms with Crippen molar-refractivity contribution < 1.29 is 19.1 Å². The Bertz CT molecular complexity index is 721. The molecule has 6 nitrogen and oxygen atoms in total. The molecule has 0 unspecified atom stereocenters. The standard InChI is InChI=1S/C17H16N2O4/c1-11(20)12-2-6-14(7-3-12)19-16(21)10-23-15-8-4-13(5-9-15)17(18)22/h2-9H,10H2,1H3,(H2,18,22)(H,19,21). The molecule has 118 valence electrons. The van der Waals surface area contributed by atoms with E-state index in [2.05, 4.69) is 5.32 Å². The Kier molecular flexibility index (Phi) is 5.09. The van der Waals surface area contributed by atoms with E-state index in [4.69, 9.17) is 10.5 Å². The van der Waals surface area contributed by atoms with Crippen LogP contribution in [0, 0.1) is 0 Å². The van der Waals surface area contributed by atoms with Gasteiger partial charge in [0, 0.05) is 16.8 Å². The Hall–Kier alpha value is -3.15. The third kappa shape index (κ3) is 4.67. The van der Waals surface area contributed by atoms with E-state index in [1.165, 1.54) is 19.1 Å². The van der Waals surface area contributed by atoms with Gasteiger partial charge in [-0.15, -0.1) is 0 Å². The zero-order valence-electron chi connectivity index (χ0n) is 12.5. The number of amides is 2. The summed E-state index contributed by atoms with van der Waals surface area (Å²) < 4.78 is 5.32. The maximum Gasteiger partial charge on any atom is 0.262 e. The van der Waals surface area contributed by atoms with Crippen molar-refractivity contribution >= 4 is 23.3 Å². The molecule has 0 saturated carbocycles. The zero-order chi connectivity index (χ0) is 16.8. The van der Waals surface area contributed by atoms with Crippen molar-refractivity contribution in [2.75, 3.05) is 11.9 Å². The molecule has 0 saturated heterocycles. The molecule has 0 aliphatic rings. The number of nitrogens with one attached hydrogen (secondary N) is 1. The summed E-state index contributed by atoms with van der Waals surface area (Å²) in [4.78, 5) is 33.9. The van der Waals surface area contributed by atoms with Gasteiger partial charge in [-0.1, -0.05) is 0 Å². The Morgan fingerprint density at radius 1 is 0.957 bits per heavy atom. The van der Waals surface area contributed by atoms with Crippen LogP contribution in [0.15, 0.2) is 48.5 Å². The molecule has 23 heavy (non-hydrogen) atoms. The van der Waals surface area contributed by atoms with Crippen LogP contribution in [0.5, 0.6) is 5.75 Å². The summed E-state index contributed by atoms with van der Waals surface area (Å²) in [6.45, 7) is 1.30. The molecule has 6 heteroatoms. The number of carbonyl (C=O) groups is 3. The van der Waals surface area contributed by atoms with Crippen LogP contribution in [0.2, 0.25) is 0 Å². The first-order valence-electron chi connectivity index (χ1n) is 6.89. The van der Waals surface area contributed by atoms with E-state index in [9.17, 15) is 14.4 Å². The van der Waals surface area contributed by atoms with Crippen molar-refractivity contribution in [3.05, 3.63) is 59.7 Å². The van der Waals surface area contributed by atoms with Gasteiger partial charge in [-0.2, -0.15) is 0 Å². The van der Waals surface area contributed by atoms with E-state index in [-0.39, 0.29) is 18.3 Å². The van der Waals surface area contributed by atoms with E-state index in [0.717, 1.165) is 0 Å². The zero-order valence-corrected chi connectivity index (χ0v) is 12.5. The molecule has 2 rings (SSSR count). The molecule has 0 spiro atoms. The number of Topliss-reactive ketones (excluding diaryl/α,β-unsaturated/α-hetero) is 1. The molecule has 0 heterocycles. The number of anilines is 1. The van der Waals surface area contributed by atoms with Crippen molar-refractivity contribution in [3.8, 4) is 5.75 Å². The van der Waals surface area contributed by atoms with Gasteiger partial charge in [0.1, 0.15) is 5.75 Å². The number of primary amides is 1. The van der Waals surface area contributed by atoms with Gasteiger partial charge in [-0.3, -0.25) is 14.4 Å². The van der Waals surface area contributed by atoms with Crippen molar-refractivity contribution in [1.82, 2.24) is 0 Å². The van der Waals surface area contributed by atoms with E-state index in [1.807, 2.05) is 0 Å². The van der Waals surface area contributed by atoms with Crippen LogP contribution in [0.4, 0.5) is 5.69 Å². The fourth-order valence-corrected chi connectivity index (χ4v) is 1.85. The summed E-state index contributed by atoms with van der Waals surface area (Å²) in [6.07, 6.45) is 0. The number of hydrogen-bond donors (Lipinski definition) is 2. The molecule has 0 bridgehead atoms. The number of ether oxygens (including phenoxy) is 1. The van der Waals surface area contributed by atoms with Gasteiger partial charge in [-0.25, -0.2) is 0 Å². The summed E-state index contributed by atoms with van der Waals surface area (Å²) in [7, 11) is 0. The van der Waals surface area contributed by atoms with Crippen LogP contribution >= 0.6 is 0 Å². The molecule has 0 fully saturated rings. The highest BCUT2D eigenvalue weighted by Gasteiger charge is 2.06. The SMILES string of the molecule is CC(=O)c1ccc(NC(=O)COc2ccc(C(N)=O)cc2)cc1. The minimum atomic E-state index is -0.525. The van der Waals surface area contributed by atoms with Crippen molar-refractivity contribution in [2.45, 2.75) is 6.92 Å². The highest BCUT2D eigenvalue weighted by molar-refractivity contribution is 5.96.